The number of rotatable bonds is 10. The first-order chi connectivity index (χ1) is 17.4. The second-order valence-electron chi connectivity index (χ2n) is 7.59. The topological polar surface area (TPSA) is 147 Å². The summed E-state index contributed by atoms with van der Waals surface area (Å²) in [6.45, 7) is 2.70. The van der Waals surface area contributed by atoms with Crippen LogP contribution in [-0.4, -0.2) is 48.4 Å². The normalized spacial score (nSPS) is 13.6. The monoisotopic (exact) mass is 485 g/mol. The molecule has 0 spiro atoms. The number of esters is 1. The average molecular weight is 486 g/mol. The van der Waals surface area contributed by atoms with Crippen LogP contribution in [0.5, 0.6) is 0 Å². The summed E-state index contributed by atoms with van der Waals surface area (Å²) in [5, 5.41) is 32.1. The zero-order chi connectivity index (χ0) is 26.1. The number of carbonyl (C=O) groups excluding carboxylic acids is 2. The van der Waals surface area contributed by atoms with E-state index >= 15 is 0 Å². The summed E-state index contributed by atoms with van der Waals surface area (Å²) in [5.74, 6) is -2.42. The third-order valence-electron chi connectivity index (χ3n) is 5.26. The lowest BCUT2D eigenvalue weighted by Crippen LogP contribution is -2.25. The van der Waals surface area contributed by atoms with Crippen LogP contribution in [0.1, 0.15) is 35.7 Å². The van der Waals surface area contributed by atoms with Gasteiger partial charge in [-0.15, -0.1) is 0 Å². The van der Waals surface area contributed by atoms with Crippen LogP contribution in [0.4, 0.5) is 11.4 Å². The van der Waals surface area contributed by atoms with Crippen molar-refractivity contribution in [2.75, 3.05) is 29.6 Å². The Kier molecular flexibility index (Phi) is 8.52. The van der Waals surface area contributed by atoms with Gasteiger partial charge in [-0.2, -0.15) is 20.6 Å². The molecule has 0 aromatic heterocycles. The lowest BCUT2D eigenvalue weighted by molar-refractivity contribution is -0.135. The molecule has 2 aromatic carbocycles. The predicted molar refractivity (Wildman–Crippen MR) is 132 cm³/mol. The van der Waals surface area contributed by atoms with Gasteiger partial charge in [0.15, 0.2) is 5.71 Å². The largest absolute Gasteiger partial charge is 0.478 e. The summed E-state index contributed by atoms with van der Waals surface area (Å²) in [4.78, 5) is 38.8. The van der Waals surface area contributed by atoms with E-state index in [1.165, 1.54) is 30.3 Å². The number of hydrogen-bond acceptors (Lipinski definition) is 8. The summed E-state index contributed by atoms with van der Waals surface area (Å²) < 4.78 is 5.08. The lowest BCUT2D eigenvalue weighted by atomic mass is 10.1. The van der Waals surface area contributed by atoms with Gasteiger partial charge in [-0.25, -0.2) is 9.59 Å². The van der Waals surface area contributed by atoms with Gasteiger partial charge in [-0.3, -0.25) is 4.79 Å². The second-order valence-corrected chi connectivity index (χ2v) is 7.59. The highest BCUT2D eigenvalue weighted by Gasteiger charge is 2.36. The van der Waals surface area contributed by atoms with Crippen LogP contribution in [0.2, 0.25) is 0 Å². The first-order valence-corrected chi connectivity index (χ1v) is 11.1. The molecule has 0 atom stereocenters. The highest BCUT2D eigenvalue weighted by atomic mass is 16.5. The third-order valence-corrected chi connectivity index (χ3v) is 5.26. The fourth-order valence-electron chi connectivity index (χ4n) is 3.50. The van der Waals surface area contributed by atoms with E-state index in [0.717, 1.165) is 10.7 Å². The molecule has 1 amide bonds. The molecule has 1 aliphatic rings. The van der Waals surface area contributed by atoms with Gasteiger partial charge in [0.2, 0.25) is 0 Å². The van der Waals surface area contributed by atoms with E-state index < -0.39 is 17.8 Å². The fraction of sp³-hybridized carbons (Fsp3) is 0.231. The van der Waals surface area contributed by atoms with Gasteiger partial charge in [-0.05, 0) is 55.0 Å². The van der Waals surface area contributed by atoms with Crippen molar-refractivity contribution in [3.05, 3.63) is 65.2 Å². The number of ether oxygens (including phenoxy) is 1. The maximum absolute atomic E-state index is 13.2. The van der Waals surface area contributed by atoms with Crippen LogP contribution in [0, 0.1) is 22.7 Å². The van der Waals surface area contributed by atoms with E-state index in [4.69, 9.17) is 20.4 Å². The Morgan fingerprint density at radius 3 is 2.19 bits per heavy atom. The Morgan fingerprint density at radius 1 is 1.06 bits per heavy atom. The molecule has 10 nitrogen and oxygen atoms in total. The van der Waals surface area contributed by atoms with Crippen molar-refractivity contribution in [2.45, 2.75) is 19.8 Å². The SMILES string of the molecule is CCOC(=O)C1=NN(c2ccc(C(=O)O)cc2)C(=O)C1=Cc1ccc(N(CCC#N)CCC#N)cc1. The van der Waals surface area contributed by atoms with Crippen LogP contribution < -0.4 is 9.91 Å². The number of nitrogens with zero attached hydrogens (tertiary/aromatic N) is 5. The Balaban J connectivity index is 1.92. The average Bonchev–Trinajstić information content (AvgIpc) is 3.21. The molecule has 36 heavy (non-hydrogen) atoms. The number of carboxylic acids is 1. The molecule has 2 aromatic rings. The Hall–Kier alpha value is -4.96. The minimum absolute atomic E-state index is 0.0364. The molecule has 0 saturated carbocycles. The van der Waals surface area contributed by atoms with E-state index in [-0.39, 0.29) is 23.5 Å². The molecular formula is C26H23N5O5. The molecular weight excluding hydrogens is 462 g/mol. The van der Waals surface area contributed by atoms with Gasteiger partial charge in [-0.1, -0.05) is 12.1 Å². The molecule has 10 heteroatoms. The van der Waals surface area contributed by atoms with Gasteiger partial charge >= 0.3 is 11.9 Å². The van der Waals surface area contributed by atoms with Crippen molar-refractivity contribution in [3.8, 4) is 12.1 Å². The van der Waals surface area contributed by atoms with Crippen molar-refractivity contribution < 1.29 is 24.2 Å². The van der Waals surface area contributed by atoms with E-state index in [2.05, 4.69) is 17.2 Å². The van der Waals surface area contributed by atoms with Gasteiger partial charge in [0, 0.05) is 18.8 Å². The third kappa shape index (κ3) is 5.93. The standard InChI is InChI=1S/C26H23N5O5/c1-2-36-26(35)23-22(24(32)31(29-23)21-11-7-19(8-12-21)25(33)34)17-18-5-9-20(10-6-18)30(15-3-13-27)16-4-14-28/h5-12,17H,2-4,15-16H2,1H3,(H,33,34). The summed E-state index contributed by atoms with van der Waals surface area (Å²) in [7, 11) is 0. The number of benzene rings is 2. The fourth-order valence-corrected chi connectivity index (χ4v) is 3.50. The van der Waals surface area contributed by atoms with Gasteiger partial charge in [0.1, 0.15) is 0 Å². The number of hydrogen-bond donors (Lipinski definition) is 1. The zero-order valence-electron chi connectivity index (χ0n) is 19.5. The number of hydrazone groups is 1. The van der Waals surface area contributed by atoms with Gasteiger partial charge in [0.05, 0.1) is 48.4 Å². The number of amides is 1. The predicted octanol–water partition coefficient (Wildman–Crippen LogP) is 3.37. The molecule has 0 unspecified atom stereocenters. The van der Waals surface area contributed by atoms with Crippen LogP contribution in [0.25, 0.3) is 6.08 Å². The quantitative estimate of drug-likeness (QED) is 0.398. The summed E-state index contributed by atoms with van der Waals surface area (Å²) in [6.07, 6.45) is 2.16. The molecule has 3 rings (SSSR count). The van der Waals surface area contributed by atoms with E-state index in [1.807, 2.05) is 17.0 Å². The molecule has 0 aliphatic carbocycles. The highest BCUT2D eigenvalue weighted by molar-refractivity contribution is 6.54. The Labute approximate surface area is 207 Å². The van der Waals surface area contributed by atoms with E-state index in [0.29, 0.717) is 37.2 Å². The van der Waals surface area contributed by atoms with Crippen LogP contribution in [0.15, 0.2) is 59.2 Å². The Bertz CT molecular complexity index is 1270. The molecule has 0 fully saturated rings. The van der Waals surface area contributed by atoms with Gasteiger partial charge in [0.25, 0.3) is 5.91 Å². The van der Waals surface area contributed by atoms with Crippen molar-refractivity contribution in [1.29, 1.82) is 10.5 Å². The molecule has 0 radical (unpaired) electrons. The number of anilines is 2. The maximum atomic E-state index is 13.2. The number of aromatic carboxylic acids is 1. The van der Waals surface area contributed by atoms with Crippen LogP contribution >= 0.6 is 0 Å². The first kappa shape index (κ1) is 25.7. The van der Waals surface area contributed by atoms with E-state index in [1.54, 1.807) is 19.1 Å². The highest BCUT2D eigenvalue weighted by Crippen LogP contribution is 2.27. The van der Waals surface area contributed by atoms with Crippen molar-refractivity contribution in [3.63, 3.8) is 0 Å². The smallest absolute Gasteiger partial charge is 0.359 e. The minimum atomic E-state index is -1.10. The van der Waals surface area contributed by atoms with Gasteiger partial charge < -0.3 is 14.7 Å². The molecule has 0 bridgehead atoms. The number of carboxylic acid groups (broad SMARTS) is 1. The lowest BCUT2D eigenvalue weighted by Gasteiger charge is -2.22. The van der Waals surface area contributed by atoms with Crippen molar-refractivity contribution in [1.82, 2.24) is 0 Å². The summed E-state index contributed by atoms with van der Waals surface area (Å²) in [6, 6.07) is 16.9. The van der Waals surface area contributed by atoms with E-state index in [9.17, 15) is 14.4 Å². The number of carbonyl (C=O) groups is 3. The number of nitriles is 2. The molecule has 1 N–H and O–H groups in total. The molecule has 0 saturated heterocycles. The van der Waals surface area contributed by atoms with Crippen molar-refractivity contribution >= 4 is 41.0 Å². The molecule has 182 valence electrons. The van der Waals surface area contributed by atoms with Crippen LogP contribution in [0.3, 0.4) is 0 Å². The van der Waals surface area contributed by atoms with Crippen LogP contribution in [-0.2, 0) is 14.3 Å². The minimum Gasteiger partial charge on any atom is -0.478 e. The maximum Gasteiger partial charge on any atom is 0.359 e. The second kappa shape index (κ2) is 12.0. The molecule has 1 heterocycles. The summed E-state index contributed by atoms with van der Waals surface area (Å²) in [5.41, 5.74) is 1.68. The molecule has 1 aliphatic heterocycles. The zero-order valence-corrected chi connectivity index (χ0v) is 19.5. The Morgan fingerprint density at radius 2 is 1.67 bits per heavy atom. The first-order valence-electron chi connectivity index (χ1n) is 11.1. The summed E-state index contributed by atoms with van der Waals surface area (Å²) >= 11 is 0. The van der Waals surface area contributed by atoms with Crippen molar-refractivity contribution in [2.24, 2.45) is 5.10 Å².